The van der Waals surface area contributed by atoms with E-state index in [1.807, 2.05) is 13.0 Å². The van der Waals surface area contributed by atoms with Gasteiger partial charge in [0.1, 0.15) is 17.2 Å². The summed E-state index contributed by atoms with van der Waals surface area (Å²) in [4.78, 5) is 23.9. The monoisotopic (exact) mass is 343 g/mol. The minimum Gasteiger partial charge on any atom is -0.497 e. The zero-order chi connectivity index (χ0) is 18.2. The second-order valence-corrected chi connectivity index (χ2v) is 5.18. The van der Waals surface area contributed by atoms with Crippen LogP contribution in [-0.2, 0) is 4.79 Å². The van der Waals surface area contributed by atoms with Gasteiger partial charge in [-0.3, -0.25) is 9.59 Å². The van der Waals surface area contributed by atoms with Gasteiger partial charge in [0.15, 0.2) is 12.4 Å². The summed E-state index contributed by atoms with van der Waals surface area (Å²) >= 11 is 0. The van der Waals surface area contributed by atoms with Crippen molar-refractivity contribution in [2.45, 2.75) is 13.8 Å². The number of rotatable bonds is 8. The van der Waals surface area contributed by atoms with Gasteiger partial charge in [-0.15, -0.1) is 0 Å². The van der Waals surface area contributed by atoms with Crippen molar-refractivity contribution in [2.75, 3.05) is 25.6 Å². The number of hydrogen-bond acceptors (Lipinski definition) is 5. The predicted molar refractivity (Wildman–Crippen MR) is 94.7 cm³/mol. The number of carbonyl (C=O) groups excluding carboxylic acids is 2. The highest BCUT2D eigenvalue weighted by Crippen LogP contribution is 2.26. The summed E-state index contributed by atoms with van der Waals surface area (Å²) in [7, 11) is 1.52. The lowest BCUT2D eigenvalue weighted by Gasteiger charge is -2.13. The first-order valence-electron chi connectivity index (χ1n) is 7.88. The molecule has 0 heterocycles. The lowest BCUT2D eigenvalue weighted by atomic mass is 10.1. The third-order valence-corrected chi connectivity index (χ3v) is 3.39. The van der Waals surface area contributed by atoms with Crippen molar-refractivity contribution < 1.29 is 23.8 Å². The van der Waals surface area contributed by atoms with E-state index in [0.717, 1.165) is 0 Å². The lowest BCUT2D eigenvalue weighted by Crippen LogP contribution is -2.21. The predicted octanol–water partition coefficient (Wildman–Crippen LogP) is 3.31. The van der Waals surface area contributed by atoms with Crippen molar-refractivity contribution >= 4 is 17.4 Å². The van der Waals surface area contributed by atoms with Gasteiger partial charge in [0.25, 0.3) is 5.91 Å². The molecule has 0 unspecified atom stereocenters. The number of para-hydroxylation sites is 2. The average Bonchev–Trinajstić information content (AvgIpc) is 2.61. The first-order chi connectivity index (χ1) is 12.0. The standard InChI is InChI=1S/C19H21NO5/c1-4-24-17-8-6-5-7-16(17)20-19(22)12-25-18-11-14(23-3)9-10-15(18)13(2)21/h5-11H,4,12H2,1-3H3,(H,20,22). The molecule has 0 saturated heterocycles. The third kappa shape index (κ3) is 4.97. The number of Topliss-reactive ketones (excluding diaryl/α,β-unsaturated/α-hetero) is 1. The van der Waals surface area contributed by atoms with Crippen LogP contribution in [0.2, 0.25) is 0 Å². The van der Waals surface area contributed by atoms with E-state index in [-0.39, 0.29) is 18.3 Å². The third-order valence-electron chi connectivity index (χ3n) is 3.39. The molecular formula is C19H21NO5. The number of nitrogens with one attached hydrogen (secondary N) is 1. The number of methoxy groups -OCH3 is 1. The fourth-order valence-corrected chi connectivity index (χ4v) is 2.22. The van der Waals surface area contributed by atoms with Crippen molar-refractivity contribution in [2.24, 2.45) is 0 Å². The molecule has 2 aromatic rings. The van der Waals surface area contributed by atoms with E-state index < -0.39 is 0 Å². The SMILES string of the molecule is CCOc1ccccc1NC(=O)COc1cc(OC)ccc1C(C)=O. The molecule has 2 aromatic carbocycles. The van der Waals surface area contributed by atoms with Gasteiger partial charge in [-0.2, -0.15) is 0 Å². The largest absolute Gasteiger partial charge is 0.497 e. The maximum atomic E-state index is 12.2. The highest BCUT2D eigenvalue weighted by Gasteiger charge is 2.13. The number of carbonyl (C=O) groups is 2. The van der Waals surface area contributed by atoms with Crippen molar-refractivity contribution in [1.82, 2.24) is 0 Å². The van der Waals surface area contributed by atoms with Gasteiger partial charge >= 0.3 is 0 Å². The molecule has 25 heavy (non-hydrogen) atoms. The van der Waals surface area contributed by atoms with Crippen LogP contribution in [0.5, 0.6) is 17.2 Å². The van der Waals surface area contributed by atoms with E-state index in [4.69, 9.17) is 14.2 Å². The normalized spacial score (nSPS) is 10.0. The minimum absolute atomic E-state index is 0.153. The summed E-state index contributed by atoms with van der Waals surface area (Å²) in [5.41, 5.74) is 0.957. The quantitative estimate of drug-likeness (QED) is 0.744. The molecule has 0 atom stereocenters. The first-order valence-corrected chi connectivity index (χ1v) is 7.88. The summed E-state index contributed by atoms with van der Waals surface area (Å²) in [5.74, 6) is 0.926. The number of ketones is 1. The van der Waals surface area contributed by atoms with Crippen LogP contribution >= 0.6 is 0 Å². The van der Waals surface area contributed by atoms with Crippen molar-refractivity contribution in [3.05, 3.63) is 48.0 Å². The van der Waals surface area contributed by atoms with Gasteiger partial charge in [-0.25, -0.2) is 0 Å². The summed E-state index contributed by atoms with van der Waals surface area (Å²) < 4.78 is 16.1. The molecule has 6 nitrogen and oxygen atoms in total. The van der Waals surface area contributed by atoms with E-state index in [1.165, 1.54) is 14.0 Å². The zero-order valence-electron chi connectivity index (χ0n) is 14.5. The van der Waals surface area contributed by atoms with Crippen molar-refractivity contribution in [3.8, 4) is 17.2 Å². The van der Waals surface area contributed by atoms with Crippen LogP contribution in [0.25, 0.3) is 0 Å². The van der Waals surface area contributed by atoms with Gasteiger partial charge in [0.05, 0.1) is 25.0 Å². The Morgan fingerprint density at radius 3 is 2.48 bits per heavy atom. The topological polar surface area (TPSA) is 73.9 Å². The molecular weight excluding hydrogens is 322 g/mol. The van der Waals surface area contributed by atoms with E-state index in [9.17, 15) is 9.59 Å². The van der Waals surface area contributed by atoms with E-state index in [1.54, 1.807) is 36.4 Å². The highest BCUT2D eigenvalue weighted by molar-refractivity contribution is 5.97. The maximum Gasteiger partial charge on any atom is 0.262 e. The Morgan fingerprint density at radius 2 is 1.80 bits per heavy atom. The lowest BCUT2D eigenvalue weighted by molar-refractivity contribution is -0.118. The van der Waals surface area contributed by atoms with E-state index >= 15 is 0 Å². The molecule has 0 radical (unpaired) electrons. The fourth-order valence-electron chi connectivity index (χ4n) is 2.22. The Hall–Kier alpha value is -3.02. The van der Waals surface area contributed by atoms with Gasteiger partial charge in [0, 0.05) is 6.07 Å². The van der Waals surface area contributed by atoms with Crippen LogP contribution in [0.15, 0.2) is 42.5 Å². The second kappa shape index (κ2) is 8.73. The van der Waals surface area contributed by atoms with Gasteiger partial charge in [-0.05, 0) is 38.1 Å². The Balaban J connectivity index is 2.06. The summed E-state index contributed by atoms with van der Waals surface area (Å²) in [5, 5.41) is 2.74. The Kier molecular flexibility index (Phi) is 6.39. The van der Waals surface area contributed by atoms with Crippen LogP contribution in [0.1, 0.15) is 24.2 Å². The molecule has 0 aromatic heterocycles. The number of hydrogen-bond donors (Lipinski definition) is 1. The number of amides is 1. The molecule has 0 aliphatic heterocycles. The average molecular weight is 343 g/mol. The minimum atomic E-state index is -0.357. The highest BCUT2D eigenvalue weighted by atomic mass is 16.5. The molecule has 0 aliphatic carbocycles. The van der Waals surface area contributed by atoms with Crippen LogP contribution in [0.3, 0.4) is 0 Å². The molecule has 132 valence electrons. The molecule has 0 aliphatic rings. The first kappa shape index (κ1) is 18.3. The van der Waals surface area contributed by atoms with Crippen molar-refractivity contribution in [1.29, 1.82) is 0 Å². The van der Waals surface area contributed by atoms with Crippen molar-refractivity contribution in [3.63, 3.8) is 0 Å². The smallest absolute Gasteiger partial charge is 0.262 e. The van der Waals surface area contributed by atoms with Gasteiger partial charge < -0.3 is 19.5 Å². The Bertz CT molecular complexity index is 757. The maximum absolute atomic E-state index is 12.2. The molecule has 0 fully saturated rings. The van der Waals surface area contributed by atoms with Crippen LogP contribution < -0.4 is 19.5 Å². The van der Waals surface area contributed by atoms with E-state index in [0.29, 0.717) is 35.1 Å². The van der Waals surface area contributed by atoms with Gasteiger partial charge in [0.2, 0.25) is 0 Å². The number of benzene rings is 2. The fraction of sp³-hybridized carbons (Fsp3) is 0.263. The van der Waals surface area contributed by atoms with Gasteiger partial charge in [-0.1, -0.05) is 12.1 Å². The molecule has 0 bridgehead atoms. The summed E-state index contributed by atoms with van der Waals surface area (Å²) in [6.07, 6.45) is 0. The molecule has 0 spiro atoms. The van der Waals surface area contributed by atoms with Crippen LogP contribution in [-0.4, -0.2) is 32.0 Å². The summed E-state index contributed by atoms with van der Waals surface area (Å²) in [6, 6.07) is 12.0. The van der Waals surface area contributed by atoms with E-state index in [2.05, 4.69) is 5.32 Å². The van der Waals surface area contributed by atoms with Crippen LogP contribution in [0, 0.1) is 0 Å². The Morgan fingerprint density at radius 1 is 1.04 bits per heavy atom. The summed E-state index contributed by atoms with van der Waals surface area (Å²) in [6.45, 7) is 3.56. The number of anilines is 1. The molecule has 1 amide bonds. The van der Waals surface area contributed by atoms with Crippen LogP contribution in [0.4, 0.5) is 5.69 Å². The molecule has 0 saturated carbocycles. The zero-order valence-corrected chi connectivity index (χ0v) is 14.5. The second-order valence-electron chi connectivity index (χ2n) is 5.18. The molecule has 1 N–H and O–H groups in total. The molecule has 2 rings (SSSR count). The Labute approximate surface area is 146 Å². The number of ether oxygens (including phenoxy) is 3. The molecule has 6 heteroatoms.